The first-order valence-corrected chi connectivity index (χ1v) is 8.73. The highest BCUT2D eigenvalue weighted by molar-refractivity contribution is 5.39. The molecule has 1 rings (SSSR count). The smallest absolute Gasteiger partial charge is 0.460 e. The van der Waals surface area contributed by atoms with Gasteiger partial charge >= 0.3 is 42.0 Å². The third-order valence-corrected chi connectivity index (χ3v) is 4.58. The molecular weight excluding hydrogens is 540 g/mol. The Balaban J connectivity index is 3.74. The van der Waals surface area contributed by atoms with E-state index in [2.05, 4.69) is 4.74 Å². The molecule has 0 amide bonds. The van der Waals surface area contributed by atoms with Crippen molar-refractivity contribution in [1.29, 1.82) is 0 Å². The molecule has 0 radical (unpaired) electrons. The van der Waals surface area contributed by atoms with Crippen LogP contribution in [0, 0.1) is 0 Å². The summed E-state index contributed by atoms with van der Waals surface area (Å²) in [6.07, 6.45) is -18.0. The third-order valence-electron chi connectivity index (χ3n) is 4.58. The van der Waals surface area contributed by atoms with Crippen molar-refractivity contribution in [2.75, 3.05) is 6.61 Å². The summed E-state index contributed by atoms with van der Waals surface area (Å²) >= 11 is 0. The molecule has 0 heterocycles. The second-order valence-corrected chi connectivity index (χ2v) is 6.96. The highest BCUT2D eigenvalue weighted by atomic mass is 19.4. The maximum atomic E-state index is 14.2. The zero-order valence-electron chi connectivity index (χ0n) is 16.6. The Hall–Kier alpha value is -2.14. The number of ether oxygens (including phenoxy) is 1. The molecule has 0 bridgehead atoms. The van der Waals surface area contributed by atoms with Gasteiger partial charge in [-0.15, -0.1) is 0 Å². The lowest BCUT2D eigenvalue weighted by Crippen LogP contribution is -2.70. The van der Waals surface area contributed by atoms with E-state index >= 15 is 0 Å². The van der Waals surface area contributed by atoms with Gasteiger partial charge in [0.05, 0.1) is 13.0 Å². The van der Waals surface area contributed by atoms with E-state index in [0.29, 0.717) is 12.1 Å². The van der Waals surface area contributed by atoms with E-state index in [1.54, 1.807) is 0 Å². The van der Waals surface area contributed by atoms with Crippen LogP contribution < -0.4 is 4.74 Å². The maximum absolute atomic E-state index is 14.2. The van der Waals surface area contributed by atoms with Crippen molar-refractivity contribution >= 4 is 0 Å². The Morgan fingerprint density at radius 1 is 0.629 bits per heavy atom. The van der Waals surface area contributed by atoms with Crippen LogP contribution in [0.15, 0.2) is 24.3 Å². The molecule has 35 heavy (non-hydrogen) atoms. The van der Waals surface area contributed by atoms with E-state index in [-0.39, 0.29) is 6.07 Å². The van der Waals surface area contributed by atoms with E-state index in [4.69, 9.17) is 0 Å². The van der Waals surface area contributed by atoms with Crippen LogP contribution in [0.4, 0.5) is 70.2 Å². The fraction of sp³-hybridized carbons (Fsp3) is 0.647. The minimum Gasteiger partial charge on any atom is -0.493 e. The highest BCUT2D eigenvalue weighted by Gasteiger charge is 2.91. The molecule has 1 atom stereocenters. The average Bonchev–Trinajstić information content (AvgIpc) is 2.65. The number of rotatable bonds is 9. The average molecular weight is 552 g/mol. The van der Waals surface area contributed by atoms with E-state index in [1.165, 1.54) is 0 Å². The van der Waals surface area contributed by atoms with Gasteiger partial charge < -0.3 is 9.84 Å². The molecule has 1 N–H and O–H groups in total. The van der Waals surface area contributed by atoms with Crippen molar-refractivity contribution < 1.29 is 80.1 Å². The molecule has 0 saturated carbocycles. The van der Waals surface area contributed by atoms with Crippen LogP contribution in [0.2, 0.25) is 0 Å². The van der Waals surface area contributed by atoms with Crippen LogP contribution in [0.25, 0.3) is 0 Å². The largest absolute Gasteiger partial charge is 0.493 e. The summed E-state index contributed by atoms with van der Waals surface area (Å²) < 4.78 is 217. The summed E-state index contributed by atoms with van der Waals surface area (Å²) in [5, 5.41) is 9.90. The minimum atomic E-state index is -8.30. The van der Waals surface area contributed by atoms with Gasteiger partial charge in [-0.3, -0.25) is 0 Å². The predicted molar refractivity (Wildman–Crippen MR) is 83.0 cm³/mol. The molecule has 0 fully saturated rings. The van der Waals surface area contributed by atoms with E-state index in [9.17, 15) is 75.4 Å². The van der Waals surface area contributed by atoms with Crippen LogP contribution in [0.3, 0.4) is 0 Å². The lowest BCUT2D eigenvalue weighted by Gasteiger charge is -2.42. The molecule has 1 aromatic rings. The van der Waals surface area contributed by atoms with Crippen molar-refractivity contribution in [3.05, 3.63) is 29.8 Å². The molecule has 1 unspecified atom stereocenters. The number of hydrogen-bond donors (Lipinski definition) is 1. The first-order valence-electron chi connectivity index (χ1n) is 8.73. The van der Waals surface area contributed by atoms with Crippen LogP contribution >= 0.6 is 0 Å². The first-order chi connectivity index (χ1) is 15.3. The van der Waals surface area contributed by atoms with Gasteiger partial charge in [0.2, 0.25) is 0 Å². The SMILES string of the molecule is CCOc1ccccc1C(O)(CC(F)(F)C(F)(F)C(F)(F)C(F)(F)C(F)(F)C(F)(F)F)C(F)(F)F. The molecule has 0 saturated heterocycles. The van der Waals surface area contributed by atoms with Crippen molar-refractivity contribution in [2.24, 2.45) is 0 Å². The van der Waals surface area contributed by atoms with Crippen LogP contribution in [0.1, 0.15) is 18.9 Å². The Kier molecular flexibility index (Phi) is 7.73. The van der Waals surface area contributed by atoms with Crippen LogP contribution in [0.5, 0.6) is 5.75 Å². The van der Waals surface area contributed by atoms with E-state index < -0.39 is 71.9 Å². The van der Waals surface area contributed by atoms with Gasteiger partial charge in [0, 0.05) is 5.56 Å². The van der Waals surface area contributed by atoms with Crippen LogP contribution in [-0.4, -0.2) is 53.7 Å². The van der Waals surface area contributed by atoms with Crippen molar-refractivity contribution in [3.8, 4) is 5.75 Å². The quantitative estimate of drug-likeness (QED) is 0.336. The van der Waals surface area contributed by atoms with Gasteiger partial charge in [0.1, 0.15) is 5.75 Å². The Labute approximate surface area is 184 Å². The molecule has 0 spiro atoms. The zero-order valence-corrected chi connectivity index (χ0v) is 16.6. The number of aliphatic hydroxyl groups is 1. The third kappa shape index (κ3) is 4.69. The molecular formula is C17H12F16O2. The maximum Gasteiger partial charge on any atom is 0.460 e. The molecule has 1 aromatic carbocycles. The molecule has 204 valence electrons. The molecule has 0 aromatic heterocycles. The number of para-hydroxylation sites is 1. The fourth-order valence-corrected chi connectivity index (χ4v) is 2.67. The number of halogens is 16. The predicted octanol–water partition coefficient (Wildman–Crippen LogP) is 6.96. The van der Waals surface area contributed by atoms with Gasteiger partial charge in [0.15, 0.2) is 5.60 Å². The number of alkyl halides is 16. The van der Waals surface area contributed by atoms with Gasteiger partial charge in [-0.05, 0) is 13.0 Å². The standard InChI is InChI=1S/C17H12F16O2/c1-2-35-9-6-4-3-5-8(9)10(34,16(28,29)30)7-11(18,19)12(20,21)13(22,23)14(24,25)15(26,27)17(31,32)33/h3-6,34H,2,7H2,1H3. The van der Waals surface area contributed by atoms with Gasteiger partial charge in [0.25, 0.3) is 0 Å². The highest BCUT2D eigenvalue weighted by Crippen LogP contribution is 2.62. The Morgan fingerprint density at radius 3 is 1.46 bits per heavy atom. The number of benzene rings is 1. The van der Waals surface area contributed by atoms with Gasteiger partial charge in [-0.2, -0.15) is 70.2 Å². The summed E-state index contributed by atoms with van der Waals surface area (Å²) in [7, 11) is 0. The van der Waals surface area contributed by atoms with Gasteiger partial charge in [-0.1, -0.05) is 18.2 Å². The molecule has 2 nitrogen and oxygen atoms in total. The monoisotopic (exact) mass is 552 g/mol. The zero-order chi connectivity index (χ0) is 28.1. The van der Waals surface area contributed by atoms with E-state index in [1.807, 2.05) is 0 Å². The lowest BCUT2D eigenvalue weighted by molar-refractivity contribution is -0.443. The second-order valence-electron chi connectivity index (χ2n) is 6.96. The van der Waals surface area contributed by atoms with Crippen molar-refractivity contribution in [1.82, 2.24) is 0 Å². The fourth-order valence-electron chi connectivity index (χ4n) is 2.67. The second kappa shape index (κ2) is 8.76. The van der Waals surface area contributed by atoms with Crippen molar-refractivity contribution in [2.45, 2.75) is 60.9 Å². The summed E-state index contributed by atoms with van der Waals surface area (Å²) in [6.45, 7) is 0.573. The molecule has 18 heteroatoms. The van der Waals surface area contributed by atoms with Gasteiger partial charge in [-0.25, -0.2) is 0 Å². The molecule has 0 aliphatic heterocycles. The molecule has 0 aliphatic carbocycles. The summed E-state index contributed by atoms with van der Waals surface area (Å²) in [5.41, 5.74) is -7.08. The Bertz CT molecular complexity index is 889. The topological polar surface area (TPSA) is 29.5 Å². The minimum absolute atomic E-state index is 0.150. The summed E-state index contributed by atoms with van der Waals surface area (Å²) in [5.74, 6) is -40.9. The summed E-state index contributed by atoms with van der Waals surface area (Å²) in [6, 6.07) is 2.19. The van der Waals surface area contributed by atoms with Crippen molar-refractivity contribution in [3.63, 3.8) is 0 Å². The summed E-state index contributed by atoms with van der Waals surface area (Å²) in [4.78, 5) is 0. The Morgan fingerprint density at radius 2 is 1.06 bits per heavy atom. The van der Waals surface area contributed by atoms with E-state index in [0.717, 1.165) is 13.0 Å². The lowest BCUT2D eigenvalue weighted by atomic mass is 9.82. The normalized spacial score (nSPS) is 16.7. The molecule has 0 aliphatic rings. The van der Waals surface area contributed by atoms with Crippen LogP contribution in [-0.2, 0) is 5.60 Å². The number of hydrogen-bond acceptors (Lipinski definition) is 2. The first kappa shape index (κ1) is 30.9.